The van der Waals surface area contributed by atoms with E-state index in [1.54, 1.807) is 0 Å². The summed E-state index contributed by atoms with van der Waals surface area (Å²) in [5.41, 5.74) is 0. The number of unbranched alkanes of at least 4 members (excludes halogenated alkanes) is 2. The fourth-order valence-corrected chi connectivity index (χ4v) is 3.96. The molecule has 1 aliphatic carbocycles. The molecular formula is C22H42N2O2. The Kier molecular flexibility index (Phi) is 11.6. The van der Waals surface area contributed by atoms with Crippen molar-refractivity contribution in [3.63, 3.8) is 0 Å². The molecule has 2 amide bonds. The van der Waals surface area contributed by atoms with Gasteiger partial charge in [-0.05, 0) is 51.4 Å². The molecule has 1 saturated carbocycles. The van der Waals surface area contributed by atoms with E-state index in [0.717, 1.165) is 77.0 Å². The molecule has 1 rings (SSSR count). The van der Waals surface area contributed by atoms with Gasteiger partial charge in [-0.3, -0.25) is 9.59 Å². The molecule has 4 heteroatoms. The molecule has 2 unspecified atom stereocenters. The predicted octanol–water partition coefficient (Wildman–Crippen LogP) is 4.96. The fraction of sp³-hybridized carbons (Fsp3) is 0.909. The second-order valence-corrected chi connectivity index (χ2v) is 8.06. The number of nitrogens with one attached hydrogen (secondary N) is 2. The van der Waals surface area contributed by atoms with Gasteiger partial charge in [0.25, 0.3) is 0 Å². The molecule has 26 heavy (non-hydrogen) atoms. The van der Waals surface area contributed by atoms with E-state index in [1.165, 1.54) is 0 Å². The molecule has 0 bridgehead atoms. The minimum absolute atomic E-state index is 0.163. The molecule has 4 nitrogen and oxygen atoms in total. The van der Waals surface area contributed by atoms with Gasteiger partial charge >= 0.3 is 0 Å². The van der Waals surface area contributed by atoms with Crippen LogP contribution in [0.4, 0.5) is 0 Å². The molecule has 1 aliphatic rings. The highest BCUT2D eigenvalue weighted by atomic mass is 16.2. The Labute approximate surface area is 161 Å². The first-order chi connectivity index (χ1) is 12.5. The maximum atomic E-state index is 12.5. The van der Waals surface area contributed by atoms with Gasteiger partial charge in [0.05, 0.1) is 0 Å². The summed E-state index contributed by atoms with van der Waals surface area (Å²) in [6.07, 6.45) is 12.3. The minimum Gasteiger partial charge on any atom is -0.353 e. The number of hydrogen-bond donors (Lipinski definition) is 2. The Morgan fingerprint density at radius 1 is 0.731 bits per heavy atom. The van der Waals surface area contributed by atoms with E-state index >= 15 is 0 Å². The largest absolute Gasteiger partial charge is 0.353 e. The summed E-state index contributed by atoms with van der Waals surface area (Å²) in [5, 5.41) is 6.53. The highest BCUT2D eigenvalue weighted by molar-refractivity contribution is 5.79. The van der Waals surface area contributed by atoms with E-state index in [9.17, 15) is 9.59 Å². The third-order valence-corrected chi connectivity index (χ3v) is 5.96. The van der Waals surface area contributed by atoms with Crippen molar-refractivity contribution in [2.45, 2.75) is 117 Å². The quantitative estimate of drug-likeness (QED) is 0.513. The van der Waals surface area contributed by atoms with E-state index in [-0.39, 0.29) is 35.7 Å². The molecule has 0 aliphatic heterocycles. The Balaban J connectivity index is 2.35. The summed E-state index contributed by atoms with van der Waals surface area (Å²) in [6, 6.07) is 0.571. The Morgan fingerprint density at radius 3 is 1.35 bits per heavy atom. The molecular weight excluding hydrogens is 324 g/mol. The molecule has 152 valence electrons. The van der Waals surface area contributed by atoms with E-state index in [2.05, 4.69) is 38.3 Å². The van der Waals surface area contributed by atoms with Crippen LogP contribution in [0.15, 0.2) is 0 Å². The fourth-order valence-electron chi connectivity index (χ4n) is 3.96. The zero-order valence-corrected chi connectivity index (χ0v) is 17.6. The molecule has 2 atom stereocenters. The first-order valence-electron chi connectivity index (χ1n) is 11.2. The number of rotatable bonds is 12. The van der Waals surface area contributed by atoms with Crippen molar-refractivity contribution in [2.24, 2.45) is 11.8 Å². The summed E-state index contributed by atoms with van der Waals surface area (Å²) in [7, 11) is 0. The van der Waals surface area contributed by atoms with Crippen LogP contribution in [0.5, 0.6) is 0 Å². The van der Waals surface area contributed by atoms with Crippen molar-refractivity contribution in [2.75, 3.05) is 0 Å². The maximum absolute atomic E-state index is 12.5. The third kappa shape index (κ3) is 8.09. The number of amides is 2. The van der Waals surface area contributed by atoms with Crippen LogP contribution in [0.1, 0.15) is 105 Å². The normalized spacial score (nSPS) is 22.5. The summed E-state index contributed by atoms with van der Waals surface area (Å²) < 4.78 is 0. The van der Waals surface area contributed by atoms with Gasteiger partial charge in [-0.25, -0.2) is 0 Å². The Bertz CT molecular complexity index is 365. The molecule has 1 fully saturated rings. The Morgan fingerprint density at radius 2 is 1.08 bits per heavy atom. The van der Waals surface area contributed by atoms with Gasteiger partial charge in [0, 0.05) is 23.9 Å². The van der Waals surface area contributed by atoms with Crippen molar-refractivity contribution in [1.82, 2.24) is 10.6 Å². The molecule has 0 radical (unpaired) electrons. The predicted molar refractivity (Wildman–Crippen MR) is 109 cm³/mol. The van der Waals surface area contributed by atoms with Crippen LogP contribution < -0.4 is 10.6 Å². The molecule has 0 aromatic rings. The van der Waals surface area contributed by atoms with Crippen LogP contribution in [0.3, 0.4) is 0 Å². The second-order valence-electron chi connectivity index (χ2n) is 8.06. The average molecular weight is 367 g/mol. The lowest BCUT2D eigenvalue weighted by molar-refractivity contribution is -0.128. The molecule has 0 saturated heterocycles. The van der Waals surface area contributed by atoms with E-state index in [4.69, 9.17) is 0 Å². The molecule has 0 aromatic carbocycles. The topological polar surface area (TPSA) is 58.2 Å². The van der Waals surface area contributed by atoms with Gasteiger partial charge in [-0.1, -0.05) is 53.4 Å². The van der Waals surface area contributed by atoms with Gasteiger partial charge in [0.2, 0.25) is 11.8 Å². The van der Waals surface area contributed by atoms with Crippen molar-refractivity contribution in [3.05, 3.63) is 0 Å². The first-order valence-corrected chi connectivity index (χ1v) is 11.2. The van der Waals surface area contributed by atoms with Crippen molar-refractivity contribution in [3.8, 4) is 0 Å². The van der Waals surface area contributed by atoms with Crippen LogP contribution in [0.25, 0.3) is 0 Å². The number of hydrogen-bond acceptors (Lipinski definition) is 2. The summed E-state index contributed by atoms with van der Waals surface area (Å²) in [6.45, 7) is 8.56. The summed E-state index contributed by atoms with van der Waals surface area (Å²) in [4.78, 5) is 24.9. The standard InChI is InChI=1S/C22H42N2O2/c1-5-9-11-17(7-3)21(25)23-19-13-15-20(16-14-19)24-22(26)18(8-4)12-10-6-2/h17-20H,5-16H2,1-4H3,(H,23,25)(H,24,26). The van der Waals surface area contributed by atoms with Crippen molar-refractivity contribution < 1.29 is 9.59 Å². The van der Waals surface area contributed by atoms with E-state index < -0.39 is 0 Å². The Hall–Kier alpha value is -1.06. The smallest absolute Gasteiger partial charge is 0.223 e. The molecule has 0 spiro atoms. The van der Waals surface area contributed by atoms with Crippen molar-refractivity contribution >= 4 is 11.8 Å². The second kappa shape index (κ2) is 13.2. The SMILES string of the molecule is CCCCC(CC)C(=O)NC1CCC(NC(=O)C(CC)CCCC)CC1. The third-order valence-electron chi connectivity index (χ3n) is 5.96. The lowest BCUT2D eigenvalue weighted by Crippen LogP contribution is -2.46. The number of carbonyl (C=O) groups is 2. The summed E-state index contributed by atoms with van der Waals surface area (Å²) >= 11 is 0. The van der Waals surface area contributed by atoms with E-state index in [0.29, 0.717) is 0 Å². The average Bonchev–Trinajstić information content (AvgIpc) is 2.64. The minimum atomic E-state index is 0.163. The highest BCUT2D eigenvalue weighted by Gasteiger charge is 2.27. The lowest BCUT2D eigenvalue weighted by Gasteiger charge is -2.31. The maximum Gasteiger partial charge on any atom is 0.223 e. The monoisotopic (exact) mass is 366 g/mol. The van der Waals surface area contributed by atoms with Gasteiger partial charge in [-0.15, -0.1) is 0 Å². The number of carbonyl (C=O) groups excluding carboxylic acids is 2. The van der Waals surface area contributed by atoms with Crippen LogP contribution in [0.2, 0.25) is 0 Å². The van der Waals surface area contributed by atoms with E-state index in [1.807, 2.05) is 0 Å². The summed E-state index contributed by atoms with van der Waals surface area (Å²) in [5.74, 6) is 0.797. The lowest BCUT2D eigenvalue weighted by atomic mass is 9.89. The first kappa shape index (κ1) is 23.0. The zero-order valence-electron chi connectivity index (χ0n) is 17.6. The molecule has 2 N–H and O–H groups in total. The van der Waals surface area contributed by atoms with Gasteiger partial charge in [0.1, 0.15) is 0 Å². The van der Waals surface area contributed by atoms with Crippen LogP contribution in [-0.4, -0.2) is 23.9 Å². The van der Waals surface area contributed by atoms with Crippen LogP contribution >= 0.6 is 0 Å². The van der Waals surface area contributed by atoms with Gasteiger partial charge in [0.15, 0.2) is 0 Å². The zero-order chi connectivity index (χ0) is 19.4. The van der Waals surface area contributed by atoms with Gasteiger partial charge < -0.3 is 10.6 Å². The highest BCUT2D eigenvalue weighted by Crippen LogP contribution is 2.22. The van der Waals surface area contributed by atoms with Crippen LogP contribution in [-0.2, 0) is 9.59 Å². The molecule has 0 heterocycles. The molecule has 0 aromatic heterocycles. The van der Waals surface area contributed by atoms with Crippen LogP contribution in [0, 0.1) is 11.8 Å². The van der Waals surface area contributed by atoms with Crippen molar-refractivity contribution in [1.29, 1.82) is 0 Å². The van der Waals surface area contributed by atoms with Gasteiger partial charge in [-0.2, -0.15) is 0 Å².